The summed E-state index contributed by atoms with van der Waals surface area (Å²) in [6, 6.07) is 10.3. The van der Waals surface area contributed by atoms with E-state index in [2.05, 4.69) is 27.2 Å². The van der Waals surface area contributed by atoms with E-state index in [0.29, 0.717) is 5.88 Å². The number of nitrogen functional groups attached to an aromatic ring is 1. The van der Waals surface area contributed by atoms with Gasteiger partial charge in [-0.15, -0.1) is 11.3 Å². The molecule has 1 aliphatic carbocycles. The minimum Gasteiger partial charge on any atom is -0.367 e. The molecule has 0 aliphatic heterocycles. The number of benzene rings is 1. The molecule has 0 saturated heterocycles. The molecule has 2 N–H and O–H groups in total. The van der Waals surface area contributed by atoms with E-state index in [9.17, 15) is 0 Å². The van der Waals surface area contributed by atoms with E-state index in [4.69, 9.17) is 10.3 Å². The summed E-state index contributed by atoms with van der Waals surface area (Å²) in [5, 5.41) is 4.20. The summed E-state index contributed by atoms with van der Waals surface area (Å²) in [6.07, 6.45) is 3.62. The zero-order valence-corrected chi connectivity index (χ0v) is 13.6. The van der Waals surface area contributed by atoms with Crippen LogP contribution in [0.2, 0.25) is 0 Å². The number of thiophene rings is 1. The smallest absolute Gasteiger partial charge is 0.230 e. The van der Waals surface area contributed by atoms with Crippen molar-refractivity contribution in [2.45, 2.75) is 19.3 Å². The monoisotopic (exact) mass is 360 g/mol. The quantitative estimate of drug-likeness (QED) is 0.706. The van der Waals surface area contributed by atoms with Crippen LogP contribution in [0.25, 0.3) is 21.7 Å². The fourth-order valence-corrected chi connectivity index (χ4v) is 4.48. The highest BCUT2D eigenvalue weighted by atomic mass is 79.9. The van der Waals surface area contributed by atoms with Gasteiger partial charge in [-0.3, -0.25) is 0 Å². The molecule has 2 aromatic heterocycles. The number of rotatable bonds is 2. The summed E-state index contributed by atoms with van der Waals surface area (Å²) in [7, 11) is 0. The molecule has 0 saturated carbocycles. The summed E-state index contributed by atoms with van der Waals surface area (Å²) >= 11 is 5.31. The standard InChI is InChI=1S/C16H13BrN2OS/c17-11-5-1-4-10(7-11)14-15(19-20-16(14)18)13-8-9-3-2-6-12(9)21-13/h1,4-5,7-8H,2-3,6,18H2. The lowest BCUT2D eigenvalue weighted by Crippen LogP contribution is -1.87. The Bertz CT molecular complexity index is 800. The molecule has 1 aliphatic rings. The number of nitrogens with two attached hydrogens (primary N) is 1. The van der Waals surface area contributed by atoms with Gasteiger partial charge in [0, 0.05) is 9.35 Å². The molecule has 21 heavy (non-hydrogen) atoms. The Morgan fingerprint density at radius 3 is 2.95 bits per heavy atom. The van der Waals surface area contributed by atoms with E-state index in [-0.39, 0.29) is 0 Å². The minimum atomic E-state index is 0.372. The topological polar surface area (TPSA) is 52.0 Å². The van der Waals surface area contributed by atoms with Gasteiger partial charge in [0.1, 0.15) is 5.69 Å². The summed E-state index contributed by atoms with van der Waals surface area (Å²) in [5.74, 6) is 0.372. The van der Waals surface area contributed by atoms with E-state index >= 15 is 0 Å². The maximum atomic E-state index is 6.01. The van der Waals surface area contributed by atoms with Crippen LogP contribution in [0.4, 0.5) is 5.88 Å². The van der Waals surface area contributed by atoms with Crippen molar-refractivity contribution in [3.8, 4) is 21.7 Å². The summed E-state index contributed by atoms with van der Waals surface area (Å²) < 4.78 is 6.28. The van der Waals surface area contributed by atoms with Crippen LogP contribution in [-0.2, 0) is 12.8 Å². The maximum absolute atomic E-state index is 6.01. The first-order valence-corrected chi connectivity index (χ1v) is 8.46. The number of hydrogen-bond acceptors (Lipinski definition) is 4. The van der Waals surface area contributed by atoms with Gasteiger partial charge in [-0.2, -0.15) is 0 Å². The molecule has 3 aromatic rings. The van der Waals surface area contributed by atoms with Crippen LogP contribution in [0.15, 0.2) is 39.3 Å². The van der Waals surface area contributed by atoms with Gasteiger partial charge in [-0.25, -0.2) is 0 Å². The van der Waals surface area contributed by atoms with Gasteiger partial charge in [0.2, 0.25) is 5.88 Å². The number of halogens is 1. The molecule has 0 amide bonds. The molecular weight excluding hydrogens is 348 g/mol. The van der Waals surface area contributed by atoms with E-state index in [1.165, 1.54) is 29.7 Å². The normalized spacial score (nSPS) is 13.6. The summed E-state index contributed by atoms with van der Waals surface area (Å²) in [4.78, 5) is 2.63. The molecular formula is C16H13BrN2OS. The zero-order valence-electron chi connectivity index (χ0n) is 11.2. The van der Waals surface area contributed by atoms with Crippen molar-refractivity contribution in [3.05, 3.63) is 45.2 Å². The van der Waals surface area contributed by atoms with Gasteiger partial charge in [-0.05, 0) is 48.6 Å². The lowest BCUT2D eigenvalue weighted by atomic mass is 10.0. The zero-order chi connectivity index (χ0) is 14.4. The summed E-state index contributed by atoms with van der Waals surface area (Å²) in [6.45, 7) is 0. The van der Waals surface area contributed by atoms with Gasteiger partial charge in [0.05, 0.1) is 10.4 Å². The lowest BCUT2D eigenvalue weighted by Gasteiger charge is -2.02. The Morgan fingerprint density at radius 1 is 1.24 bits per heavy atom. The van der Waals surface area contributed by atoms with Gasteiger partial charge >= 0.3 is 0 Å². The highest BCUT2D eigenvalue weighted by molar-refractivity contribution is 9.10. The van der Waals surface area contributed by atoms with Crippen LogP contribution < -0.4 is 5.73 Å². The Hall–Kier alpha value is -1.59. The molecule has 0 fully saturated rings. The van der Waals surface area contributed by atoms with Crippen LogP contribution in [0.5, 0.6) is 0 Å². The Balaban J connectivity index is 1.86. The lowest BCUT2D eigenvalue weighted by molar-refractivity contribution is 0.439. The molecule has 106 valence electrons. The van der Waals surface area contributed by atoms with Crippen molar-refractivity contribution in [1.29, 1.82) is 0 Å². The molecule has 0 bridgehead atoms. The molecule has 2 heterocycles. The summed E-state index contributed by atoms with van der Waals surface area (Å²) in [5.41, 5.74) is 10.2. The highest BCUT2D eigenvalue weighted by Crippen LogP contribution is 2.42. The SMILES string of the molecule is Nc1onc(-c2cc3c(s2)CCC3)c1-c1cccc(Br)c1. The largest absolute Gasteiger partial charge is 0.367 e. The molecule has 4 rings (SSSR count). The number of aryl methyl sites for hydroxylation is 2. The molecule has 0 unspecified atom stereocenters. The second-order valence-corrected chi connectivity index (χ2v) is 7.25. The number of nitrogens with zero attached hydrogens (tertiary/aromatic N) is 1. The maximum Gasteiger partial charge on any atom is 0.230 e. The van der Waals surface area contributed by atoms with Crippen molar-refractivity contribution in [3.63, 3.8) is 0 Å². The van der Waals surface area contributed by atoms with Crippen molar-refractivity contribution < 1.29 is 4.52 Å². The number of anilines is 1. The second-order valence-electron chi connectivity index (χ2n) is 5.19. The van der Waals surface area contributed by atoms with Crippen LogP contribution in [0, 0.1) is 0 Å². The van der Waals surface area contributed by atoms with Gasteiger partial charge in [0.25, 0.3) is 0 Å². The van der Waals surface area contributed by atoms with Crippen molar-refractivity contribution >= 4 is 33.2 Å². The molecule has 0 spiro atoms. The average Bonchev–Trinajstić information content (AvgIpc) is 3.11. The predicted octanol–water partition coefficient (Wildman–Crippen LogP) is 4.90. The van der Waals surface area contributed by atoms with Crippen molar-refractivity contribution in [2.75, 3.05) is 5.73 Å². The Labute approximate surface area is 134 Å². The first-order chi connectivity index (χ1) is 10.2. The number of fused-ring (bicyclic) bond motifs is 1. The predicted molar refractivity (Wildman–Crippen MR) is 89.4 cm³/mol. The van der Waals surface area contributed by atoms with Crippen molar-refractivity contribution in [2.24, 2.45) is 0 Å². The number of hydrogen-bond donors (Lipinski definition) is 1. The van der Waals surface area contributed by atoms with E-state index < -0.39 is 0 Å². The third-order valence-corrected chi connectivity index (χ3v) is 5.55. The number of aromatic nitrogens is 1. The third-order valence-electron chi connectivity index (χ3n) is 3.81. The van der Waals surface area contributed by atoms with E-state index in [1.54, 1.807) is 0 Å². The average molecular weight is 361 g/mol. The Morgan fingerprint density at radius 2 is 2.14 bits per heavy atom. The van der Waals surface area contributed by atoms with Crippen molar-refractivity contribution in [1.82, 2.24) is 5.16 Å². The molecule has 5 heteroatoms. The second kappa shape index (κ2) is 5.00. The fraction of sp³-hybridized carbons (Fsp3) is 0.188. The van der Waals surface area contributed by atoms with Crippen LogP contribution in [0.1, 0.15) is 16.9 Å². The minimum absolute atomic E-state index is 0.372. The fourth-order valence-electron chi connectivity index (χ4n) is 2.84. The molecule has 0 radical (unpaired) electrons. The highest BCUT2D eigenvalue weighted by Gasteiger charge is 2.22. The van der Waals surface area contributed by atoms with Gasteiger partial charge in [-0.1, -0.05) is 33.2 Å². The molecule has 3 nitrogen and oxygen atoms in total. The van der Waals surface area contributed by atoms with E-state index in [1.807, 2.05) is 35.6 Å². The van der Waals surface area contributed by atoms with Crippen LogP contribution in [0.3, 0.4) is 0 Å². The van der Waals surface area contributed by atoms with E-state index in [0.717, 1.165) is 26.2 Å². The first-order valence-electron chi connectivity index (χ1n) is 6.85. The Kier molecular flexibility index (Phi) is 3.12. The van der Waals surface area contributed by atoms with Crippen LogP contribution in [-0.4, -0.2) is 5.16 Å². The van der Waals surface area contributed by atoms with Crippen LogP contribution >= 0.6 is 27.3 Å². The van der Waals surface area contributed by atoms with Gasteiger partial charge < -0.3 is 10.3 Å². The first kappa shape index (κ1) is 13.1. The molecule has 1 aromatic carbocycles. The van der Waals surface area contributed by atoms with Gasteiger partial charge in [0.15, 0.2) is 0 Å². The third kappa shape index (κ3) is 2.21. The molecule has 0 atom stereocenters.